The Morgan fingerprint density at radius 3 is 2.59 bits per heavy atom. The van der Waals surface area contributed by atoms with Gasteiger partial charge in [-0.3, -0.25) is 0 Å². The van der Waals surface area contributed by atoms with Crippen LogP contribution in [0.25, 0.3) is 15.9 Å². The molecule has 0 spiro atoms. The van der Waals surface area contributed by atoms with Gasteiger partial charge in [-0.1, -0.05) is 74.9 Å². The van der Waals surface area contributed by atoms with Crippen LogP contribution in [0.2, 0.25) is 0 Å². The molecule has 1 unspecified atom stereocenters. The zero-order valence-corrected chi connectivity index (χ0v) is 19.4. The molecule has 29 heavy (non-hydrogen) atoms. The van der Waals surface area contributed by atoms with Gasteiger partial charge in [-0.25, -0.2) is 0 Å². The highest BCUT2D eigenvalue weighted by atomic mass is 32.2. The molecule has 1 heterocycles. The van der Waals surface area contributed by atoms with Crippen LogP contribution in [0, 0.1) is 4.71 Å². The van der Waals surface area contributed by atoms with E-state index in [0.29, 0.717) is 9.96 Å². The van der Waals surface area contributed by atoms with Crippen LogP contribution < -0.4 is 0 Å². The summed E-state index contributed by atoms with van der Waals surface area (Å²) >= 11 is 9.15. The molecular weight excluding hydrogens is 412 g/mol. The Kier molecular flexibility index (Phi) is 8.91. The maximum Gasteiger partial charge on any atom is 0.191 e. The van der Waals surface area contributed by atoms with Gasteiger partial charge in [-0.15, -0.1) is 23.5 Å². The molecule has 1 nitrogen and oxygen atoms in total. The van der Waals surface area contributed by atoms with Crippen LogP contribution in [0.15, 0.2) is 76.6 Å². The van der Waals surface area contributed by atoms with Crippen molar-refractivity contribution >= 4 is 51.6 Å². The molecule has 0 aliphatic rings. The summed E-state index contributed by atoms with van der Waals surface area (Å²) in [5, 5.41) is 1.78. The maximum atomic E-state index is 5.69. The molecule has 2 aromatic carbocycles. The van der Waals surface area contributed by atoms with Crippen LogP contribution in [0.1, 0.15) is 44.6 Å². The Morgan fingerprint density at radius 1 is 1.03 bits per heavy atom. The Labute approximate surface area is 188 Å². The first-order valence-corrected chi connectivity index (χ1v) is 12.5. The molecule has 152 valence electrons. The molecule has 0 radical (unpaired) electrons. The summed E-state index contributed by atoms with van der Waals surface area (Å²) in [6.45, 7) is 6.49. The third kappa shape index (κ3) is 6.77. The summed E-state index contributed by atoms with van der Waals surface area (Å²) in [5.74, 6) is 1.14. The van der Waals surface area contributed by atoms with Crippen molar-refractivity contribution in [2.75, 3.05) is 5.75 Å². The van der Waals surface area contributed by atoms with E-state index in [9.17, 15) is 0 Å². The van der Waals surface area contributed by atoms with E-state index in [2.05, 4.69) is 49.9 Å². The van der Waals surface area contributed by atoms with Crippen molar-refractivity contribution in [2.45, 2.75) is 49.2 Å². The average Bonchev–Trinajstić information content (AvgIpc) is 2.75. The van der Waals surface area contributed by atoms with Gasteiger partial charge in [0.2, 0.25) is 0 Å². The fourth-order valence-corrected chi connectivity index (χ4v) is 5.72. The molecule has 0 amide bonds. The lowest BCUT2D eigenvalue weighted by atomic mass is 10.1. The molecule has 0 aliphatic carbocycles. The first-order chi connectivity index (χ1) is 14.2. The minimum atomic E-state index is 0.566. The highest BCUT2D eigenvalue weighted by molar-refractivity contribution is 8.08. The standard InChI is InChI=1S/C25H28OS3/c1-3-21(29-24-18-25(27)26-23-16-10-9-15-22(23)24)14-8-5-11-17-28-19(2)20-12-6-4-7-13-20/h4,6-7,9-10,12-13,15-16,18,21H,2-3,5,8,11,14,17H2,1H3. The minimum absolute atomic E-state index is 0.566. The van der Waals surface area contributed by atoms with Crippen LogP contribution in [0.4, 0.5) is 0 Å². The molecule has 0 N–H and O–H groups in total. The molecule has 1 atom stereocenters. The Morgan fingerprint density at radius 2 is 1.79 bits per heavy atom. The number of hydrogen-bond acceptors (Lipinski definition) is 4. The average molecular weight is 441 g/mol. The quantitative estimate of drug-likeness (QED) is 0.167. The molecule has 0 bridgehead atoms. The van der Waals surface area contributed by atoms with Gasteiger partial charge in [0.05, 0.1) is 0 Å². The lowest BCUT2D eigenvalue weighted by molar-refractivity contribution is 0.583. The van der Waals surface area contributed by atoms with Crippen molar-refractivity contribution in [3.05, 3.63) is 77.5 Å². The SMILES string of the molecule is C=C(SCCCCCC(CC)Sc1cc(=S)oc2ccccc12)c1ccccc1. The van der Waals surface area contributed by atoms with E-state index in [1.54, 1.807) is 0 Å². The fraction of sp³-hybridized carbons (Fsp3) is 0.320. The first-order valence-electron chi connectivity index (χ1n) is 10.2. The van der Waals surface area contributed by atoms with Gasteiger partial charge < -0.3 is 4.42 Å². The van der Waals surface area contributed by atoms with Gasteiger partial charge in [-0.2, -0.15) is 0 Å². The molecule has 4 heteroatoms. The summed E-state index contributed by atoms with van der Waals surface area (Å²) in [6, 6.07) is 20.6. The predicted molar refractivity (Wildman–Crippen MR) is 133 cm³/mol. The second-order valence-corrected chi connectivity index (χ2v) is 10.00. The van der Waals surface area contributed by atoms with Crippen molar-refractivity contribution in [3.8, 4) is 0 Å². The summed E-state index contributed by atoms with van der Waals surface area (Å²) in [4.78, 5) is 2.42. The molecule has 0 aliphatic heterocycles. The molecule has 0 fully saturated rings. The summed E-state index contributed by atoms with van der Waals surface area (Å²) in [5.41, 5.74) is 2.12. The van der Waals surface area contributed by atoms with E-state index < -0.39 is 0 Å². The normalized spacial score (nSPS) is 12.2. The van der Waals surface area contributed by atoms with Gasteiger partial charge in [0, 0.05) is 26.5 Å². The van der Waals surface area contributed by atoms with Crippen LogP contribution in [-0.4, -0.2) is 11.0 Å². The zero-order chi connectivity index (χ0) is 20.5. The smallest absolute Gasteiger partial charge is 0.191 e. The predicted octanol–water partition coefficient (Wildman–Crippen LogP) is 9.00. The summed E-state index contributed by atoms with van der Waals surface area (Å²) < 4.78 is 6.25. The topological polar surface area (TPSA) is 13.1 Å². The van der Waals surface area contributed by atoms with Crippen LogP contribution in [0.3, 0.4) is 0 Å². The number of para-hydroxylation sites is 1. The highest BCUT2D eigenvalue weighted by Gasteiger charge is 2.12. The Balaban J connectivity index is 1.43. The molecule has 1 aromatic heterocycles. The number of thioether (sulfide) groups is 2. The van der Waals surface area contributed by atoms with Gasteiger partial charge in [-0.05, 0) is 48.9 Å². The Hall–Kier alpha value is -1.49. The maximum absolute atomic E-state index is 5.69. The molecular formula is C25H28OS3. The van der Waals surface area contributed by atoms with Crippen LogP contribution >= 0.6 is 35.7 Å². The van der Waals surface area contributed by atoms with E-state index >= 15 is 0 Å². The van der Waals surface area contributed by atoms with E-state index in [4.69, 9.17) is 16.6 Å². The van der Waals surface area contributed by atoms with Crippen LogP contribution in [-0.2, 0) is 0 Å². The van der Waals surface area contributed by atoms with Crippen LogP contribution in [0.5, 0.6) is 0 Å². The second kappa shape index (κ2) is 11.6. The number of hydrogen-bond donors (Lipinski definition) is 0. The minimum Gasteiger partial charge on any atom is -0.445 e. The summed E-state index contributed by atoms with van der Waals surface area (Å²) in [7, 11) is 0. The fourth-order valence-electron chi connectivity index (χ4n) is 3.26. The van der Waals surface area contributed by atoms with Gasteiger partial charge in [0.1, 0.15) is 5.58 Å². The molecule has 0 saturated carbocycles. The Bertz CT molecular complexity index is 978. The van der Waals surface area contributed by atoms with E-state index in [0.717, 1.165) is 17.8 Å². The molecule has 3 rings (SSSR count). The van der Waals surface area contributed by atoms with Crippen molar-refractivity contribution in [3.63, 3.8) is 0 Å². The van der Waals surface area contributed by atoms with E-state index in [-0.39, 0.29) is 0 Å². The summed E-state index contributed by atoms with van der Waals surface area (Å²) in [6.07, 6.45) is 6.17. The first kappa shape index (κ1) is 22.2. The highest BCUT2D eigenvalue weighted by Crippen LogP contribution is 2.35. The lowest BCUT2D eigenvalue weighted by Gasteiger charge is -2.15. The molecule has 3 aromatic rings. The largest absolute Gasteiger partial charge is 0.445 e. The van der Waals surface area contributed by atoms with E-state index in [1.165, 1.54) is 46.4 Å². The number of rotatable bonds is 11. The molecule has 0 saturated heterocycles. The zero-order valence-electron chi connectivity index (χ0n) is 16.9. The number of benzene rings is 2. The second-order valence-electron chi connectivity index (χ2n) is 7.06. The third-order valence-corrected chi connectivity index (χ3v) is 7.68. The van der Waals surface area contributed by atoms with E-state index in [1.807, 2.05) is 47.8 Å². The van der Waals surface area contributed by atoms with Crippen molar-refractivity contribution in [1.82, 2.24) is 0 Å². The van der Waals surface area contributed by atoms with Crippen molar-refractivity contribution in [2.24, 2.45) is 0 Å². The van der Waals surface area contributed by atoms with Gasteiger partial charge in [0.25, 0.3) is 0 Å². The number of fused-ring (bicyclic) bond motifs is 1. The van der Waals surface area contributed by atoms with Crippen molar-refractivity contribution < 1.29 is 4.42 Å². The lowest BCUT2D eigenvalue weighted by Crippen LogP contribution is -2.01. The number of unbranched alkanes of at least 4 members (excludes halogenated alkanes) is 2. The van der Waals surface area contributed by atoms with Crippen molar-refractivity contribution in [1.29, 1.82) is 0 Å². The monoisotopic (exact) mass is 440 g/mol. The third-order valence-electron chi connectivity index (χ3n) is 4.90. The van der Waals surface area contributed by atoms with Gasteiger partial charge in [0.15, 0.2) is 4.71 Å². The van der Waals surface area contributed by atoms with Gasteiger partial charge >= 0.3 is 0 Å².